The molecule has 0 atom stereocenters. The molecule has 0 saturated heterocycles. The first-order valence-electron chi connectivity index (χ1n) is 5.88. The molecule has 1 aromatic carbocycles. The predicted octanol–water partition coefficient (Wildman–Crippen LogP) is 1.84. The van der Waals surface area contributed by atoms with E-state index in [-0.39, 0.29) is 29.8 Å². The van der Waals surface area contributed by atoms with Gasteiger partial charge >= 0.3 is 0 Å². The molecule has 0 aliphatic heterocycles. The number of nitrogens with two attached hydrogens (primary N) is 1. The summed E-state index contributed by atoms with van der Waals surface area (Å²) in [6.45, 7) is 4.95. The van der Waals surface area contributed by atoms with Gasteiger partial charge in [0.1, 0.15) is 0 Å². The van der Waals surface area contributed by atoms with Gasteiger partial charge in [0.15, 0.2) is 0 Å². The first-order valence-corrected chi connectivity index (χ1v) is 8.16. The second-order valence-electron chi connectivity index (χ2n) is 5.02. The van der Waals surface area contributed by atoms with Crippen LogP contribution in [0.3, 0.4) is 0 Å². The van der Waals surface area contributed by atoms with Crippen LogP contribution in [0.2, 0.25) is 0 Å². The third-order valence-electron chi connectivity index (χ3n) is 2.48. The molecule has 0 unspecified atom stereocenters. The van der Waals surface area contributed by atoms with Crippen LogP contribution in [-0.4, -0.2) is 26.4 Å². The van der Waals surface area contributed by atoms with Crippen molar-refractivity contribution < 1.29 is 13.2 Å². The highest BCUT2D eigenvalue weighted by Gasteiger charge is 2.25. The molecule has 0 aliphatic carbocycles. The van der Waals surface area contributed by atoms with E-state index in [4.69, 9.17) is 5.73 Å². The predicted molar refractivity (Wildman–Crippen MR) is 89.1 cm³/mol. The number of nitrogens with one attached hydrogen (secondary N) is 2. The Bertz CT molecular complexity index is 620. The number of hydrogen-bond donors (Lipinski definition) is 3. The van der Waals surface area contributed by atoms with Gasteiger partial charge < -0.3 is 11.1 Å². The number of anilines is 1. The molecule has 0 bridgehead atoms. The van der Waals surface area contributed by atoms with Crippen molar-refractivity contribution in [1.82, 2.24) is 4.72 Å². The molecule has 0 saturated carbocycles. The third-order valence-corrected chi connectivity index (χ3v) is 4.83. The molecule has 9 heteroatoms. The van der Waals surface area contributed by atoms with Gasteiger partial charge in [0, 0.05) is 23.5 Å². The van der Waals surface area contributed by atoms with Crippen LogP contribution in [0.15, 0.2) is 27.6 Å². The fourth-order valence-electron chi connectivity index (χ4n) is 1.42. The highest BCUT2D eigenvalue weighted by molar-refractivity contribution is 9.10. The van der Waals surface area contributed by atoms with E-state index in [1.165, 1.54) is 25.1 Å². The Hall–Kier alpha value is -0.670. The molecule has 4 N–H and O–H groups in total. The molecule has 0 aliphatic rings. The number of rotatable bonds is 5. The van der Waals surface area contributed by atoms with E-state index in [2.05, 4.69) is 26.0 Å². The Morgan fingerprint density at radius 2 is 1.95 bits per heavy atom. The van der Waals surface area contributed by atoms with Gasteiger partial charge in [0.05, 0.1) is 10.6 Å². The molecule has 120 valence electrons. The van der Waals surface area contributed by atoms with E-state index in [1.54, 1.807) is 13.8 Å². The maximum absolute atomic E-state index is 12.2. The summed E-state index contributed by atoms with van der Waals surface area (Å²) in [6, 6.07) is 4.38. The fraction of sp³-hybridized carbons (Fsp3) is 0.417. The van der Waals surface area contributed by atoms with Crippen molar-refractivity contribution in [2.45, 2.75) is 31.2 Å². The maximum atomic E-state index is 12.2. The van der Waals surface area contributed by atoms with Crippen molar-refractivity contribution in [1.29, 1.82) is 0 Å². The topological polar surface area (TPSA) is 101 Å². The van der Waals surface area contributed by atoms with Crippen LogP contribution >= 0.6 is 28.3 Å². The van der Waals surface area contributed by atoms with Crippen LogP contribution < -0.4 is 15.8 Å². The van der Waals surface area contributed by atoms with Crippen molar-refractivity contribution in [2.75, 3.05) is 11.9 Å². The standard InChI is InChI=1S/C12H18BrN3O3S.ClH/c1-8(17)15-11-5-4-9(6-10(11)13)20(18,19)16-12(2,3)7-14;/h4-6,16H,7,14H2,1-3H3,(H,15,17);1H. The highest BCUT2D eigenvalue weighted by Crippen LogP contribution is 2.26. The summed E-state index contributed by atoms with van der Waals surface area (Å²) in [5, 5.41) is 2.59. The van der Waals surface area contributed by atoms with Crippen LogP contribution in [0.25, 0.3) is 0 Å². The van der Waals surface area contributed by atoms with E-state index in [1.807, 2.05) is 0 Å². The quantitative estimate of drug-likeness (QED) is 0.702. The van der Waals surface area contributed by atoms with Crippen molar-refractivity contribution in [2.24, 2.45) is 5.73 Å². The minimum Gasteiger partial charge on any atom is -0.329 e. The summed E-state index contributed by atoms with van der Waals surface area (Å²) in [4.78, 5) is 11.1. The molecule has 0 fully saturated rings. The van der Waals surface area contributed by atoms with Gasteiger partial charge in [-0.3, -0.25) is 4.79 Å². The Balaban J connectivity index is 0.00000400. The van der Waals surface area contributed by atoms with Crippen molar-refractivity contribution in [3.8, 4) is 0 Å². The maximum Gasteiger partial charge on any atom is 0.241 e. The lowest BCUT2D eigenvalue weighted by Crippen LogP contribution is -2.48. The van der Waals surface area contributed by atoms with Crippen molar-refractivity contribution in [3.05, 3.63) is 22.7 Å². The minimum absolute atomic E-state index is 0. The summed E-state index contributed by atoms with van der Waals surface area (Å²) in [5.74, 6) is -0.233. The molecule has 1 rings (SSSR count). The molecule has 1 amide bonds. The molecule has 0 spiro atoms. The number of benzene rings is 1. The molecule has 21 heavy (non-hydrogen) atoms. The fourth-order valence-corrected chi connectivity index (χ4v) is 3.50. The average molecular weight is 401 g/mol. The lowest BCUT2D eigenvalue weighted by Gasteiger charge is -2.24. The number of hydrogen-bond acceptors (Lipinski definition) is 4. The number of halogens is 2. The van der Waals surface area contributed by atoms with Crippen LogP contribution in [0.4, 0.5) is 5.69 Å². The van der Waals surface area contributed by atoms with Crippen LogP contribution in [0.5, 0.6) is 0 Å². The monoisotopic (exact) mass is 399 g/mol. The molecular formula is C12H19BrClN3O3S. The minimum atomic E-state index is -3.67. The number of carbonyl (C=O) groups is 1. The van der Waals surface area contributed by atoms with E-state index >= 15 is 0 Å². The van der Waals surface area contributed by atoms with E-state index < -0.39 is 15.6 Å². The van der Waals surface area contributed by atoms with E-state index in [0.717, 1.165) is 0 Å². The van der Waals surface area contributed by atoms with Gasteiger partial charge in [-0.1, -0.05) is 0 Å². The van der Waals surface area contributed by atoms with Gasteiger partial charge in [-0.25, -0.2) is 13.1 Å². The Morgan fingerprint density at radius 1 is 1.38 bits per heavy atom. The zero-order valence-corrected chi connectivity index (χ0v) is 15.2. The van der Waals surface area contributed by atoms with Crippen LogP contribution in [0, 0.1) is 0 Å². The Kier molecular flexibility index (Phi) is 7.31. The third kappa shape index (κ3) is 5.91. The molecule has 0 heterocycles. The summed E-state index contributed by atoms with van der Waals surface area (Å²) in [5.41, 5.74) is 5.29. The first kappa shape index (κ1) is 20.3. The lowest BCUT2D eigenvalue weighted by atomic mass is 10.1. The van der Waals surface area contributed by atoms with Gasteiger partial charge in [-0.05, 0) is 48.0 Å². The summed E-state index contributed by atoms with van der Waals surface area (Å²) in [7, 11) is -3.67. The molecular weight excluding hydrogens is 382 g/mol. The second-order valence-corrected chi connectivity index (χ2v) is 7.55. The molecule has 0 aromatic heterocycles. The van der Waals surface area contributed by atoms with E-state index in [9.17, 15) is 13.2 Å². The Labute approximate surface area is 139 Å². The summed E-state index contributed by atoms with van der Waals surface area (Å²) < 4.78 is 27.4. The molecule has 6 nitrogen and oxygen atoms in total. The number of sulfonamides is 1. The van der Waals surface area contributed by atoms with Crippen molar-refractivity contribution >= 4 is 50.0 Å². The number of amides is 1. The number of carbonyl (C=O) groups excluding carboxylic acids is 1. The molecule has 0 radical (unpaired) electrons. The lowest BCUT2D eigenvalue weighted by molar-refractivity contribution is -0.114. The zero-order valence-electron chi connectivity index (χ0n) is 11.9. The SMILES string of the molecule is CC(=O)Nc1ccc(S(=O)(=O)NC(C)(C)CN)cc1Br.Cl. The second kappa shape index (κ2) is 7.55. The van der Waals surface area contributed by atoms with Gasteiger partial charge in [-0.15, -0.1) is 12.4 Å². The van der Waals surface area contributed by atoms with Crippen molar-refractivity contribution in [3.63, 3.8) is 0 Å². The smallest absolute Gasteiger partial charge is 0.241 e. The molecule has 1 aromatic rings. The van der Waals surface area contributed by atoms with Gasteiger partial charge in [0.25, 0.3) is 0 Å². The highest BCUT2D eigenvalue weighted by atomic mass is 79.9. The Morgan fingerprint density at radius 3 is 2.38 bits per heavy atom. The first-order chi connectivity index (χ1) is 9.07. The largest absolute Gasteiger partial charge is 0.329 e. The van der Waals surface area contributed by atoms with Crippen LogP contribution in [0.1, 0.15) is 20.8 Å². The van der Waals surface area contributed by atoms with E-state index in [0.29, 0.717) is 10.2 Å². The van der Waals surface area contributed by atoms with Gasteiger partial charge in [-0.2, -0.15) is 0 Å². The summed E-state index contributed by atoms with van der Waals surface area (Å²) in [6.07, 6.45) is 0. The zero-order chi connectivity index (χ0) is 15.6. The average Bonchev–Trinajstić information content (AvgIpc) is 2.30. The van der Waals surface area contributed by atoms with Crippen LogP contribution in [-0.2, 0) is 14.8 Å². The summed E-state index contributed by atoms with van der Waals surface area (Å²) >= 11 is 3.23. The normalized spacial score (nSPS) is 11.7. The van der Waals surface area contributed by atoms with Gasteiger partial charge in [0.2, 0.25) is 15.9 Å².